The van der Waals surface area contributed by atoms with Crippen LogP contribution in [0.4, 0.5) is 0 Å². The van der Waals surface area contributed by atoms with Crippen LogP contribution in [0.15, 0.2) is 18.2 Å². The third-order valence-electron chi connectivity index (χ3n) is 6.91. The van der Waals surface area contributed by atoms with Crippen LogP contribution in [0.25, 0.3) is 0 Å². The van der Waals surface area contributed by atoms with E-state index in [4.69, 9.17) is 9.47 Å². The number of hydrogen-bond acceptors (Lipinski definition) is 4. The largest absolute Gasteiger partial charge is 0.486 e. The van der Waals surface area contributed by atoms with Crippen molar-refractivity contribution < 1.29 is 14.3 Å². The minimum absolute atomic E-state index is 0.224. The average molecular weight is 370 g/mol. The van der Waals surface area contributed by atoms with Crippen LogP contribution in [-0.2, 0) is 10.2 Å². The second-order valence-corrected chi connectivity index (χ2v) is 8.66. The van der Waals surface area contributed by atoms with Gasteiger partial charge in [-0.05, 0) is 56.2 Å². The summed E-state index contributed by atoms with van der Waals surface area (Å²) in [4.78, 5) is 16.0. The molecule has 3 fully saturated rings. The SMILES string of the molecule is O=C(NC1CCN(C2CC2)CC1)C1(c2ccc3c(c2)OCCO3)CCCC1. The lowest BCUT2D eigenvalue weighted by molar-refractivity contribution is -0.127. The van der Waals surface area contributed by atoms with Gasteiger partial charge in [0.1, 0.15) is 13.2 Å². The number of fused-ring (bicyclic) bond motifs is 1. The number of carbonyl (C=O) groups is 1. The molecule has 1 N–H and O–H groups in total. The van der Waals surface area contributed by atoms with Crippen LogP contribution in [0.5, 0.6) is 11.5 Å². The normalized spacial score (nSPS) is 25.3. The fourth-order valence-electron chi connectivity index (χ4n) is 5.14. The number of rotatable bonds is 4. The van der Waals surface area contributed by atoms with Crippen molar-refractivity contribution in [1.82, 2.24) is 10.2 Å². The molecule has 4 aliphatic rings. The molecule has 0 bridgehead atoms. The molecule has 2 aliphatic carbocycles. The summed E-state index contributed by atoms with van der Waals surface area (Å²) in [6, 6.07) is 7.26. The molecule has 1 amide bonds. The summed E-state index contributed by atoms with van der Waals surface area (Å²) in [7, 11) is 0. The molecular formula is C22H30N2O3. The minimum Gasteiger partial charge on any atom is -0.486 e. The van der Waals surface area contributed by atoms with Crippen LogP contribution in [0, 0.1) is 0 Å². The van der Waals surface area contributed by atoms with Gasteiger partial charge in [-0.15, -0.1) is 0 Å². The third-order valence-corrected chi connectivity index (χ3v) is 6.91. The number of amides is 1. The van der Waals surface area contributed by atoms with Crippen molar-refractivity contribution in [3.63, 3.8) is 0 Å². The summed E-state index contributed by atoms with van der Waals surface area (Å²) in [6.07, 6.45) is 8.98. The van der Waals surface area contributed by atoms with Gasteiger partial charge in [-0.3, -0.25) is 4.79 Å². The first-order valence-electron chi connectivity index (χ1n) is 10.7. The standard InChI is InChI=1S/C22H30N2O3/c25-21(23-17-7-11-24(12-8-17)18-4-5-18)22(9-1-2-10-22)16-3-6-19-20(15-16)27-14-13-26-19/h3,6,15,17-18H,1-2,4-5,7-14H2,(H,23,25). The van der Waals surface area contributed by atoms with Gasteiger partial charge in [0.25, 0.3) is 0 Å². The molecule has 0 unspecified atom stereocenters. The second-order valence-electron chi connectivity index (χ2n) is 8.66. The molecule has 2 aliphatic heterocycles. The van der Waals surface area contributed by atoms with Crippen LogP contribution in [-0.4, -0.2) is 49.2 Å². The summed E-state index contributed by atoms with van der Waals surface area (Å²) < 4.78 is 11.4. The monoisotopic (exact) mass is 370 g/mol. The molecule has 5 heteroatoms. The molecule has 1 saturated heterocycles. The molecule has 27 heavy (non-hydrogen) atoms. The zero-order valence-electron chi connectivity index (χ0n) is 16.0. The molecule has 1 aromatic carbocycles. The Bertz CT molecular complexity index is 702. The number of likely N-dealkylation sites (tertiary alicyclic amines) is 1. The first-order valence-corrected chi connectivity index (χ1v) is 10.7. The first-order chi connectivity index (χ1) is 13.2. The van der Waals surface area contributed by atoms with Gasteiger partial charge in [-0.25, -0.2) is 0 Å². The van der Waals surface area contributed by atoms with E-state index >= 15 is 0 Å². The number of ether oxygens (including phenoxy) is 2. The van der Waals surface area contributed by atoms with E-state index in [0.29, 0.717) is 19.3 Å². The van der Waals surface area contributed by atoms with Gasteiger partial charge >= 0.3 is 0 Å². The highest BCUT2D eigenvalue weighted by Crippen LogP contribution is 2.44. The fourth-order valence-corrected chi connectivity index (χ4v) is 5.14. The number of nitrogens with one attached hydrogen (secondary N) is 1. The summed E-state index contributed by atoms with van der Waals surface area (Å²) in [5.41, 5.74) is 0.695. The number of benzene rings is 1. The maximum Gasteiger partial charge on any atom is 0.230 e. The van der Waals surface area contributed by atoms with E-state index in [9.17, 15) is 4.79 Å². The number of carbonyl (C=O) groups excluding carboxylic acids is 1. The van der Waals surface area contributed by atoms with E-state index in [1.807, 2.05) is 6.07 Å². The highest BCUT2D eigenvalue weighted by molar-refractivity contribution is 5.89. The molecular weight excluding hydrogens is 340 g/mol. The van der Waals surface area contributed by atoms with Crippen LogP contribution in [0.3, 0.4) is 0 Å². The zero-order chi connectivity index (χ0) is 18.3. The Morgan fingerprint density at radius 2 is 1.70 bits per heavy atom. The summed E-state index contributed by atoms with van der Waals surface area (Å²) in [6.45, 7) is 3.44. The van der Waals surface area contributed by atoms with E-state index < -0.39 is 5.41 Å². The van der Waals surface area contributed by atoms with Crippen molar-refractivity contribution in [2.24, 2.45) is 0 Å². The molecule has 2 heterocycles. The third kappa shape index (κ3) is 3.31. The van der Waals surface area contributed by atoms with Crippen LogP contribution < -0.4 is 14.8 Å². The highest BCUT2D eigenvalue weighted by Gasteiger charge is 2.44. The summed E-state index contributed by atoms with van der Waals surface area (Å²) in [5, 5.41) is 3.42. The Morgan fingerprint density at radius 1 is 1.00 bits per heavy atom. The summed E-state index contributed by atoms with van der Waals surface area (Å²) >= 11 is 0. The quantitative estimate of drug-likeness (QED) is 0.885. The molecule has 146 valence electrons. The van der Waals surface area contributed by atoms with Crippen molar-refractivity contribution >= 4 is 5.91 Å². The topological polar surface area (TPSA) is 50.8 Å². The van der Waals surface area contributed by atoms with Crippen LogP contribution in [0.2, 0.25) is 0 Å². The molecule has 5 nitrogen and oxygen atoms in total. The predicted octanol–water partition coefficient (Wildman–Crippen LogP) is 3.01. The van der Waals surface area contributed by atoms with Crippen molar-refractivity contribution in [1.29, 1.82) is 0 Å². The number of nitrogens with zero attached hydrogens (tertiary/aromatic N) is 1. The molecule has 2 saturated carbocycles. The smallest absolute Gasteiger partial charge is 0.230 e. The molecule has 0 radical (unpaired) electrons. The molecule has 0 spiro atoms. The zero-order valence-corrected chi connectivity index (χ0v) is 16.0. The van der Waals surface area contributed by atoms with Gasteiger partial charge in [0, 0.05) is 25.2 Å². The van der Waals surface area contributed by atoms with E-state index in [0.717, 1.165) is 74.7 Å². The van der Waals surface area contributed by atoms with Crippen LogP contribution >= 0.6 is 0 Å². The lowest BCUT2D eigenvalue weighted by Crippen LogP contribution is -2.51. The Kier molecular flexibility index (Phi) is 4.50. The van der Waals surface area contributed by atoms with Gasteiger partial charge in [0.15, 0.2) is 11.5 Å². The maximum absolute atomic E-state index is 13.4. The molecule has 0 aromatic heterocycles. The van der Waals surface area contributed by atoms with E-state index in [2.05, 4.69) is 22.3 Å². The van der Waals surface area contributed by atoms with Gasteiger partial charge in [0.2, 0.25) is 5.91 Å². The van der Waals surface area contributed by atoms with E-state index in [1.165, 1.54) is 12.8 Å². The van der Waals surface area contributed by atoms with E-state index in [-0.39, 0.29) is 5.91 Å². The lowest BCUT2D eigenvalue weighted by Gasteiger charge is -2.36. The van der Waals surface area contributed by atoms with Crippen molar-refractivity contribution in [2.45, 2.75) is 68.9 Å². The number of hydrogen-bond donors (Lipinski definition) is 1. The first kappa shape index (κ1) is 17.4. The van der Waals surface area contributed by atoms with Crippen molar-refractivity contribution in [3.05, 3.63) is 23.8 Å². The Labute approximate surface area is 161 Å². The minimum atomic E-state index is -0.399. The summed E-state index contributed by atoms with van der Waals surface area (Å²) in [5.74, 6) is 1.81. The van der Waals surface area contributed by atoms with Crippen molar-refractivity contribution in [3.8, 4) is 11.5 Å². The van der Waals surface area contributed by atoms with Crippen molar-refractivity contribution in [2.75, 3.05) is 26.3 Å². The Balaban J connectivity index is 1.31. The van der Waals surface area contributed by atoms with Crippen LogP contribution in [0.1, 0.15) is 56.9 Å². The lowest BCUT2D eigenvalue weighted by atomic mass is 9.77. The highest BCUT2D eigenvalue weighted by atomic mass is 16.6. The maximum atomic E-state index is 13.4. The van der Waals surface area contributed by atoms with Gasteiger partial charge < -0.3 is 19.7 Å². The fraction of sp³-hybridized carbons (Fsp3) is 0.682. The Morgan fingerprint density at radius 3 is 2.41 bits per heavy atom. The average Bonchev–Trinajstić information content (AvgIpc) is 3.44. The van der Waals surface area contributed by atoms with Gasteiger partial charge in [-0.1, -0.05) is 18.9 Å². The van der Waals surface area contributed by atoms with Gasteiger partial charge in [0.05, 0.1) is 5.41 Å². The second kappa shape index (κ2) is 7.01. The Hall–Kier alpha value is -1.75. The molecule has 1 aromatic rings. The van der Waals surface area contributed by atoms with Gasteiger partial charge in [-0.2, -0.15) is 0 Å². The van der Waals surface area contributed by atoms with E-state index in [1.54, 1.807) is 0 Å². The molecule has 0 atom stereocenters. The molecule has 5 rings (SSSR count). The predicted molar refractivity (Wildman–Crippen MR) is 103 cm³/mol. The number of piperidine rings is 1.